The van der Waals surface area contributed by atoms with Crippen molar-refractivity contribution in [3.8, 4) is 0 Å². The van der Waals surface area contributed by atoms with Gasteiger partial charge in [-0.15, -0.1) is 0 Å². The highest BCUT2D eigenvalue weighted by atomic mass is 16.3. The topological polar surface area (TPSA) is 32.6 Å². The van der Waals surface area contributed by atoms with Crippen molar-refractivity contribution in [2.45, 2.75) is 40.2 Å². The van der Waals surface area contributed by atoms with E-state index in [-0.39, 0.29) is 11.3 Å². The van der Waals surface area contributed by atoms with E-state index in [9.17, 15) is 5.11 Å². The maximum absolute atomic E-state index is 9.22. The molecule has 0 saturated carbocycles. The summed E-state index contributed by atoms with van der Waals surface area (Å²) in [6.07, 6.45) is 1.51. The number of rotatable bonds is 1. The van der Waals surface area contributed by atoms with Crippen LogP contribution in [0.15, 0.2) is 16.3 Å². The van der Waals surface area contributed by atoms with Gasteiger partial charge in [0.05, 0.1) is 11.8 Å². The van der Waals surface area contributed by atoms with Gasteiger partial charge in [-0.1, -0.05) is 0 Å². The van der Waals surface area contributed by atoms with Crippen LogP contribution in [-0.4, -0.2) is 16.9 Å². The minimum Gasteiger partial charge on any atom is -0.506 e. The summed E-state index contributed by atoms with van der Waals surface area (Å²) in [4.78, 5) is 4.14. The zero-order valence-corrected chi connectivity index (χ0v) is 7.97. The molecule has 0 saturated heterocycles. The first-order chi connectivity index (χ1) is 4.83. The number of allylic oxidation sites excluding steroid dienone is 2. The van der Waals surface area contributed by atoms with Crippen molar-refractivity contribution in [3.63, 3.8) is 0 Å². The molecule has 0 rings (SSSR count). The summed E-state index contributed by atoms with van der Waals surface area (Å²) in [5.74, 6) is 0.264. The Labute approximate surface area is 68.7 Å². The van der Waals surface area contributed by atoms with Gasteiger partial charge in [0.15, 0.2) is 0 Å². The fraction of sp³-hybridized carbons (Fsp3) is 0.667. The van der Waals surface area contributed by atoms with Crippen molar-refractivity contribution < 1.29 is 5.11 Å². The first kappa shape index (κ1) is 10.2. The molecule has 11 heavy (non-hydrogen) atoms. The predicted molar refractivity (Wildman–Crippen MR) is 49.2 cm³/mol. The number of nitrogens with zero attached hydrogens (tertiary/aromatic N) is 1. The average Bonchev–Trinajstić information content (AvgIpc) is 1.80. The Morgan fingerprint density at radius 3 is 2.00 bits per heavy atom. The Morgan fingerprint density at radius 1 is 1.27 bits per heavy atom. The van der Waals surface area contributed by atoms with Crippen molar-refractivity contribution >= 4 is 6.21 Å². The molecule has 0 fully saturated rings. The maximum atomic E-state index is 9.22. The summed E-state index contributed by atoms with van der Waals surface area (Å²) in [7, 11) is 0. The molecule has 0 amide bonds. The Bertz CT molecular complexity index is 180. The normalized spacial score (nSPS) is 12.1. The van der Waals surface area contributed by atoms with E-state index in [0.29, 0.717) is 0 Å². The van der Waals surface area contributed by atoms with Gasteiger partial charge in [0, 0.05) is 0 Å². The van der Waals surface area contributed by atoms with Crippen LogP contribution in [0.2, 0.25) is 0 Å². The van der Waals surface area contributed by atoms with Crippen molar-refractivity contribution in [2.75, 3.05) is 0 Å². The van der Waals surface area contributed by atoms with Crippen molar-refractivity contribution in [3.05, 3.63) is 11.3 Å². The van der Waals surface area contributed by atoms with Gasteiger partial charge in [-0.3, -0.25) is 4.99 Å². The second-order valence-corrected chi connectivity index (χ2v) is 3.81. The van der Waals surface area contributed by atoms with Crippen LogP contribution in [0.25, 0.3) is 0 Å². The summed E-state index contributed by atoms with van der Waals surface area (Å²) in [6.45, 7) is 9.67. The molecule has 0 radical (unpaired) electrons. The van der Waals surface area contributed by atoms with E-state index in [1.807, 2.05) is 34.6 Å². The molecule has 0 bridgehead atoms. The molecular weight excluding hydrogens is 138 g/mol. The molecule has 0 unspecified atom stereocenters. The number of hydrogen-bond donors (Lipinski definition) is 1. The van der Waals surface area contributed by atoms with Crippen LogP contribution in [0.1, 0.15) is 34.6 Å². The van der Waals surface area contributed by atoms with E-state index >= 15 is 0 Å². The molecule has 1 N–H and O–H groups in total. The van der Waals surface area contributed by atoms with E-state index in [1.165, 1.54) is 6.21 Å². The molecule has 0 aliphatic heterocycles. The molecule has 0 atom stereocenters. The van der Waals surface area contributed by atoms with Crippen LogP contribution in [-0.2, 0) is 0 Å². The minimum absolute atomic E-state index is 0.108. The van der Waals surface area contributed by atoms with Crippen LogP contribution >= 0.6 is 0 Å². The predicted octanol–water partition coefficient (Wildman–Crippen LogP) is 2.71. The van der Waals surface area contributed by atoms with E-state index < -0.39 is 0 Å². The van der Waals surface area contributed by atoms with E-state index in [2.05, 4.69) is 4.99 Å². The highest BCUT2D eigenvalue weighted by Crippen LogP contribution is 2.06. The summed E-state index contributed by atoms with van der Waals surface area (Å²) in [5.41, 5.74) is 0.779. The lowest BCUT2D eigenvalue weighted by Crippen LogP contribution is -2.10. The summed E-state index contributed by atoms with van der Waals surface area (Å²) >= 11 is 0. The van der Waals surface area contributed by atoms with Gasteiger partial charge in [0.25, 0.3) is 0 Å². The third kappa shape index (κ3) is 5.64. The third-order valence-corrected chi connectivity index (χ3v) is 1.09. The molecule has 0 spiro atoms. The highest BCUT2D eigenvalue weighted by molar-refractivity contribution is 5.76. The molecule has 0 aromatic heterocycles. The number of aliphatic hydroxyl groups excluding tert-OH is 1. The molecule has 0 heterocycles. The molecular formula is C9H17NO. The van der Waals surface area contributed by atoms with Crippen LogP contribution in [0.5, 0.6) is 0 Å². The SMILES string of the molecule is CC(C)=C(O)C=NC(C)(C)C. The largest absolute Gasteiger partial charge is 0.506 e. The van der Waals surface area contributed by atoms with Gasteiger partial charge in [-0.05, 0) is 40.2 Å². The molecule has 2 nitrogen and oxygen atoms in total. The molecule has 0 aromatic carbocycles. The Hall–Kier alpha value is -0.790. The molecule has 0 aromatic rings. The van der Waals surface area contributed by atoms with E-state index in [4.69, 9.17) is 0 Å². The van der Waals surface area contributed by atoms with Gasteiger partial charge >= 0.3 is 0 Å². The summed E-state index contributed by atoms with van der Waals surface area (Å²) in [5, 5.41) is 9.22. The third-order valence-electron chi connectivity index (χ3n) is 1.09. The van der Waals surface area contributed by atoms with Crippen LogP contribution < -0.4 is 0 Å². The second-order valence-electron chi connectivity index (χ2n) is 3.81. The first-order valence-electron chi connectivity index (χ1n) is 3.74. The van der Waals surface area contributed by atoms with Crippen molar-refractivity contribution in [1.29, 1.82) is 0 Å². The van der Waals surface area contributed by atoms with Gasteiger partial charge in [-0.2, -0.15) is 0 Å². The van der Waals surface area contributed by atoms with Crippen LogP contribution in [0.3, 0.4) is 0 Å². The lowest BCUT2D eigenvalue weighted by atomic mass is 10.1. The Morgan fingerprint density at radius 2 is 1.73 bits per heavy atom. The fourth-order valence-corrected chi connectivity index (χ4v) is 0.384. The van der Waals surface area contributed by atoms with E-state index in [0.717, 1.165) is 5.57 Å². The molecule has 0 aliphatic rings. The molecule has 64 valence electrons. The number of hydrogen-bond acceptors (Lipinski definition) is 2. The van der Waals surface area contributed by atoms with Gasteiger partial charge < -0.3 is 5.11 Å². The summed E-state index contributed by atoms with van der Waals surface area (Å²) in [6, 6.07) is 0. The number of aliphatic hydroxyl groups is 1. The van der Waals surface area contributed by atoms with Gasteiger partial charge in [0.2, 0.25) is 0 Å². The maximum Gasteiger partial charge on any atom is 0.132 e. The van der Waals surface area contributed by atoms with Gasteiger partial charge in [0.1, 0.15) is 5.76 Å². The zero-order valence-electron chi connectivity index (χ0n) is 7.97. The van der Waals surface area contributed by atoms with Crippen LogP contribution in [0.4, 0.5) is 0 Å². The molecule has 2 heteroatoms. The smallest absolute Gasteiger partial charge is 0.132 e. The highest BCUT2D eigenvalue weighted by Gasteiger charge is 2.04. The summed E-state index contributed by atoms with van der Waals surface area (Å²) < 4.78 is 0. The number of aliphatic imine (C=N–C) groups is 1. The Kier molecular flexibility index (Phi) is 3.30. The zero-order chi connectivity index (χ0) is 9.07. The lowest BCUT2D eigenvalue weighted by Gasteiger charge is -2.10. The average molecular weight is 155 g/mol. The second kappa shape index (κ2) is 3.56. The standard InChI is InChI=1S/C9H17NO/c1-7(2)8(11)6-10-9(3,4)5/h6,11H,1-5H3. The fourth-order valence-electron chi connectivity index (χ4n) is 0.384. The van der Waals surface area contributed by atoms with E-state index in [1.54, 1.807) is 0 Å². The Balaban J connectivity index is 4.27. The first-order valence-corrected chi connectivity index (χ1v) is 3.74. The lowest BCUT2D eigenvalue weighted by molar-refractivity contribution is 0.437. The van der Waals surface area contributed by atoms with Gasteiger partial charge in [-0.25, -0.2) is 0 Å². The molecule has 0 aliphatic carbocycles. The minimum atomic E-state index is -0.108. The van der Waals surface area contributed by atoms with Crippen LogP contribution in [0, 0.1) is 0 Å². The quantitative estimate of drug-likeness (QED) is 0.458. The van der Waals surface area contributed by atoms with Crippen molar-refractivity contribution in [1.82, 2.24) is 0 Å². The van der Waals surface area contributed by atoms with Crippen molar-refractivity contribution in [2.24, 2.45) is 4.99 Å². The monoisotopic (exact) mass is 155 g/mol.